The summed E-state index contributed by atoms with van der Waals surface area (Å²) in [5.74, 6) is 2.69. The SMILES string of the molecule is Clc1ccc2c(c1)C1(CCN(CC3CC4C=CC3C4)CC1)CN2.[HH]. The van der Waals surface area contributed by atoms with Gasteiger partial charge in [0.15, 0.2) is 0 Å². The Balaban J connectivity index is 0.00000146. The van der Waals surface area contributed by atoms with Crippen LogP contribution in [-0.2, 0) is 5.41 Å². The lowest BCUT2D eigenvalue weighted by Crippen LogP contribution is -2.45. The Hall–Kier alpha value is -0.990. The third-order valence-electron chi connectivity index (χ3n) is 6.89. The summed E-state index contributed by atoms with van der Waals surface area (Å²) in [5, 5.41) is 4.49. The number of nitrogens with zero attached hydrogens (tertiary/aromatic N) is 1. The van der Waals surface area contributed by atoms with Crippen LogP contribution in [0.5, 0.6) is 0 Å². The van der Waals surface area contributed by atoms with Crippen LogP contribution in [0.4, 0.5) is 5.69 Å². The number of likely N-dealkylation sites (tertiary alicyclic amines) is 1. The third kappa shape index (κ3) is 2.34. The molecule has 2 aliphatic heterocycles. The van der Waals surface area contributed by atoms with Gasteiger partial charge in [-0.1, -0.05) is 23.8 Å². The van der Waals surface area contributed by atoms with Crippen LogP contribution in [0.2, 0.25) is 5.02 Å². The van der Waals surface area contributed by atoms with Gasteiger partial charge in [0.05, 0.1) is 0 Å². The summed E-state index contributed by atoms with van der Waals surface area (Å²) in [7, 11) is 0. The molecule has 3 unspecified atom stereocenters. The molecule has 2 bridgehead atoms. The van der Waals surface area contributed by atoms with Gasteiger partial charge in [-0.15, -0.1) is 0 Å². The largest absolute Gasteiger partial charge is 0.384 e. The molecule has 5 rings (SSSR count). The molecule has 2 heterocycles. The monoisotopic (exact) mass is 330 g/mol. The van der Waals surface area contributed by atoms with Crippen molar-refractivity contribution < 1.29 is 1.43 Å². The summed E-state index contributed by atoms with van der Waals surface area (Å²) in [6, 6.07) is 6.36. The van der Waals surface area contributed by atoms with Crippen molar-refractivity contribution in [3.8, 4) is 0 Å². The molecule has 1 aromatic rings. The van der Waals surface area contributed by atoms with Crippen molar-refractivity contribution in [1.29, 1.82) is 0 Å². The molecule has 1 saturated carbocycles. The van der Waals surface area contributed by atoms with E-state index in [0.717, 1.165) is 29.3 Å². The Bertz CT molecular complexity index is 651. The maximum Gasteiger partial charge on any atom is 0.0410 e. The van der Waals surface area contributed by atoms with E-state index in [9.17, 15) is 0 Å². The normalized spacial score (nSPS) is 34.0. The van der Waals surface area contributed by atoms with Gasteiger partial charge < -0.3 is 10.2 Å². The Labute approximate surface area is 145 Å². The number of halogens is 1. The number of hydrogen-bond donors (Lipinski definition) is 1. The van der Waals surface area contributed by atoms with E-state index in [1.807, 2.05) is 6.07 Å². The third-order valence-corrected chi connectivity index (χ3v) is 7.13. The molecule has 1 aromatic carbocycles. The first-order valence-electron chi connectivity index (χ1n) is 9.16. The number of fused-ring (bicyclic) bond motifs is 4. The molecule has 4 aliphatic rings. The quantitative estimate of drug-likeness (QED) is 0.800. The molecule has 0 aromatic heterocycles. The first-order valence-corrected chi connectivity index (χ1v) is 9.54. The number of anilines is 1. The summed E-state index contributed by atoms with van der Waals surface area (Å²) >= 11 is 6.26. The summed E-state index contributed by atoms with van der Waals surface area (Å²) in [6.45, 7) is 4.89. The molecule has 0 amide bonds. The summed E-state index contributed by atoms with van der Waals surface area (Å²) in [4.78, 5) is 2.73. The van der Waals surface area contributed by atoms with Crippen LogP contribution in [-0.4, -0.2) is 31.1 Å². The fourth-order valence-corrected chi connectivity index (χ4v) is 5.69. The van der Waals surface area contributed by atoms with Gasteiger partial charge in [-0.2, -0.15) is 0 Å². The van der Waals surface area contributed by atoms with E-state index in [0.29, 0.717) is 5.41 Å². The van der Waals surface area contributed by atoms with Crippen LogP contribution >= 0.6 is 11.6 Å². The van der Waals surface area contributed by atoms with E-state index >= 15 is 0 Å². The molecular weight excluding hydrogens is 304 g/mol. The van der Waals surface area contributed by atoms with Crippen LogP contribution in [0, 0.1) is 17.8 Å². The Morgan fingerprint density at radius 3 is 2.83 bits per heavy atom. The second-order valence-corrected chi connectivity index (χ2v) is 8.60. The van der Waals surface area contributed by atoms with Crippen molar-refractivity contribution in [3.63, 3.8) is 0 Å². The van der Waals surface area contributed by atoms with Gasteiger partial charge in [-0.25, -0.2) is 0 Å². The summed E-state index contributed by atoms with van der Waals surface area (Å²) in [6.07, 6.45) is 10.3. The standard InChI is InChI=1S/C20H25ClN2.H2/c21-17-3-4-19-18(11-17)20(13-22-19)5-7-23(8-6-20)12-16-10-14-1-2-15(16)9-14;/h1-4,11,14-16,22H,5-10,12-13H2;1H. The van der Waals surface area contributed by atoms with Crippen molar-refractivity contribution in [2.75, 3.05) is 31.5 Å². The van der Waals surface area contributed by atoms with E-state index in [-0.39, 0.29) is 1.43 Å². The number of piperidine rings is 1. The van der Waals surface area contributed by atoms with Crippen molar-refractivity contribution in [1.82, 2.24) is 4.90 Å². The molecule has 2 nitrogen and oxygen atoms in total. The van der Waals surface area contributed by atoms with Gasteiger partial charge in [0.2, 0.25) is 0 Å². The molecule has 1 saturated heterocycles. The smallest absolute Gasteiger partial charge is 0.0410 e. The lowest BCUT2D eigenvalue weighted by atomic mass is 9.74. The Morgan fingerprint density at radius 2 is 2.09 bits per heavy atom. The Kier molecular flexibility index (Phi) is 3.28. The van der Waals surface area contributed by atoms with Gasteiger partial charge in [0.25, 0.3) is 0 Å². The minimum absolute atomic E-state index is 0. The number of hydrogen-bond acceptors (Lipinski definition) is 2. The van der Waals surface area contributed by atoms with E-state index < -0.39 is 0 Å². The van der Waals surface area contributed by atoms with Crippen LogP contribution in [0.3, 0.4) is 0 Å². The number of rotatable bonds is 2. The lowest BCUT2D eigenvalue weighted by Gasteiger charge is -2.41. The fraction of sp³-hybridized carbons (Fsp3) is 0.600. The molecule has 3 heteroatoms. The van der Waals surface area contributed by atoms with Crippen LogP contribution in [0.15, 0.2) is 30.4 Å². The maximum absolute atomic E-state index is 6.26. The minimum Gasteiger partial charge on any atom is -0.384 e. The zero-order chi connectivity index (χ0) is 15.4. The van der Waals surface area contributed by atoms with Crippen LogP contribution in [0.1, 0.15) is 32.7 Å². The highest BCUT2D eigenvalue weighted by Gasteiger charge is 2.43. The topological polar surface area (TPSA) is 15.3 Å². The van der Waals surface area contributed by atoms with Gasteiger partial charge in [-0.3, -0.25) is 0 Å². The first-order chi connectivity index (χ1) is 11.2. The lowest BCUT2D eigenvalue weighted by molar-refractivity contribution is 0.140. The molecule has 3 atom stereocenters. The van der Waals surface area contributed by atoms with Crippen molar-refractivity contribution in [3.05, 3.63) is 40.9 Å². The molecule has 124 valence electrons. The Morgan fingerprint density at radius 1 is 1.22 bits per heavy atom. The van der Waals surface area contributed by atoms with E-state index in [1.54, 1.807) is 0 Å². The zero-order valence-electron chi connectivity index (χ0n) is 13.6. The molecular formula is C20H27ClN2. The van der Waals surface area contributed by atoms with Crippen molar-refractivity contribution >= 4 is 17.3 Å². The maximum atomic E-state index is 6.26. The second-order valence-electron chi connectivity index (χ2n) is 8.16. The number of benzene rings is 1. The first kappa shape index (κ1) is 14.4. The molecule has 2 aliphatic carbocycles. The van der Waals surface area contributed by atoms with Crippen LogP contribution in [0.25, 0.3) is 0 Å². The average molecular weight is 331 g/mol. The zero-order valence-corrected chi connectivity index (χ0v) is 14.4. The highest BCUT2D eigenvalue weighted by Crippen LogP contribution is 2.47. The van der Waals surface area contributed by atoms with E-state index in [2.05, 4.69) is 34.5 Å². The van der Waals surface area contributed by atoms with Gasteiger partial charge in [0, 0.05) is 30.6 Å². The van der Waals surface area contributed by atoms with Gasteiger partial charge in [0.1, 0.15) is 0 Å². The predicted octanol–water partition coefficient (Wildman–Crippen LogP) is 4.56. The van der Waals surface area contributed by atoms with E-state index in [4.69, 9.17) is 11.6 Å². The van der Waals surface area contributed by atoms with E-state index in [1.165, 1.54) is 56.6 Å². The number of nitrogens with one attached hydrogen (secondary N) is 1. The van der Waals surface area contributed by atoms with Crippen molar-refractivity contribution in [2.24, 2.45) is 17.8 Å². The molecule has 2 fully saturated rings. The highest BCUT2D eigenvalue weighted by molar-refractivity contribution is 6.30. The summed E-state index contributed by atoms with van der Waals surface area (Å²) in [5.41, 5.74) is 3.10. The predicted molar refractivity (Wildman–Crippen MR) is 98.3 cm³/mol. The van der Waals surface area contributed by atoms with Gasteiger partial charge in [-0.05, 0) is 80.3 Å². The fourth-order valence-electron chi connectivity index (χ4n) is 5.51. The highest BCUT2D eigenvalue weighted by atomic mass is 35.5. The molecule has 0 radical (unpaired) electrons. The van der Waals surface area contributed by atoms with Crippen LogP contribution < -0.4 is 5.32 Å². The number of allylic oxidation sites excluding steroid dienone is 2. The molecule has 1 spiro atoms. The van der Waals surface area contributed by atoms with Gasteiger partial charge >= 0.3 is 0 Å². The van der Waals surface area contributed by atoms with Crippen molar-refractivity contribution in [2.45, 2.75) is 31.1 Å². The minimum atomic E-state index is 0. The molecule has 1 N–H and O–H groups in total. The summed E-state index contributed by atoms with van der Waals surface area (Å²) < 4.78 is 0. The molecule has 23 heavy (non-hydrogen) atoms. The second kappa shape index (κ2) is 5.26. The average Bonchev–Trinajstić information content (AvgIpc) is 3.25.